The highest BCUT2D eigenvalue weighted by Crippen LogP contribution is 2.19. The Hall–Kier alpha value is -2.77. The molecule has 0 bridgehead atoms. The van der Waals surface area contributed by atoms with Gasteiger partial charge < -0.3 is 10.1 Å². The number of halogens is 1. The molecule has 0 aliphatic rings. The summed E-state index contributed by atoms with van der Waals surface area (Å²) in [5.74, 6) is 1.50. The van der Waals surface area contributed by atoms with Crippen molar-refractivity contribution < 1.29 is 13.2 Å². The second kappa shape index (κ2) is 8.95. The van der Waals surface area contributed by atoms with Crippen LogP contribution < -0.4 is 14.8 Å². The Bertz CT molecular complexity index is 1010. The Morgan fingerprint density at radius 3 is 2.32 bits per heavy atom. The zero-order valence-corrected chi connectivity index (χ0v) is 16.8. The molecule has 1 heterocycles. The number of aromatic nitrogens is 1. The number of hydrogen-bond acceptors (Lipinski definition) is 5. The molecule has 6 nitrogen and oxygen atoms in total. The van der Waals surface area contributed by atoms with Gasteiger partial charge in [-0.15, -0.1) is 0 Å². The average Bonchev–Trinajstić information content (AvgIpc) is 2.70. The Morgan fingerprint density at radius 1 is 1.00 bits per heavy atom. The number of methoxy groups -OCH3 is 1. The van der Waals surface area contributed by atoms with Gasteiger partial charge >= 0.3 is 0 Å². The molecule has 0 aliphatic carbocycles. The highest BCUT2D eigenvalue weighted by molar-refractivity contribution is 7.92. The molecule has 0 unspecified atom stereocenters. The highest BCUT2D eigenvalue weighted by atomic mass is 35.5. The molecule has 3 aromatic rings. The van der Waals surface area contributed by atoms with Crippen molar-refractivity contribution >= 4 is 33.1 Å². The molecule has 0 radical (unpaired) electrons. The van der Waals surface area contributed by atoms with E-state index in [1.54, 1.807) is 19.2 Å². The van der Waals surface area contributed by atoms with Crippen LogP contribution in [-0.2, 0) is 16.4 Å². The van der Waals surface area contributed by atoms with Gasteiger partial charge in [-0.25, -0.2) is 13.4 Å². The van der Waals surface area contributed by atoms with Gasteiger partial charge in [0.1, 0.15) is 11.6 Å². The van der Waals surface area contributed by atoms with Crippen LogP contribution >= 0.6 is 11.6 Å². The summed E-state index contributed by atoms with van der Waals surface area (Å²) >= 11 is 5.80. The number of rotatable bonds is 8. The predicted molar refractivity (Wildman–Crippen MR) is 112 cm³/mol. The van der Waals surface area contributed by atoms with Gasteiger partial charge in [0.15, 0.2) is 0 Å². The zero-order chi connectivity index (χ0) is 20.0. The van der Waals surface area contributed by atoms with Crippen LogP contribution in [0.3, 0.4) is 0 Å². The summed E-state index contributed by atoms with van der Waals surface area (Å²) in [5, 5.41) is 3.69. The smallest absolute Gasteiger partial charge is 0.261 e. The van der Waals surface area contributed by atoms with Gasteiger partial charge in [0.25, 0.3) is 10.0 Å². The minimum absolute atomic E-state index is 0.138. The summed E-state index contributed by atoms with van der Waals surface area (Å²) in [6, 6.07) is 17.2. The van der Waals surface area contributed by atoms with Crippen molar-refractivity contribution in [3.05, 3.63) is 77.4 Å². The maximum absolute atomic E-state index is 12.4. The van der Waals surface area contributed by atoms with Crippen molar-refractivity contribution in [2.45, 2.75) is 11.3 Å². The number of anilines is 2. The second-order valence-corrected chi connectivity index (χ2v) is 8.14. The fourth-order valence-electron chi connectivity index (χ4n) is 2.51. The van der Waals surface area contributed by atoms with Crippen LogP contribution in [0.25, 0.3) is 0 Å². The standard InChI is InChI=1S/C20H20ClN3O3S/c1-27-18-7-2-15(3-8-18)12-13-22-20-11-6-17(14-23-20)24-28(25,26)19-9-4-16(21)5-10-19/h2-11,14,24H,12-13H2,1H3,(H,22,23). The Kier molecular flexibility index (Phi) is 6.38. The van der Waals surface area contributed by atoms with E-state index in [1.807, 2.05) is 24.3 Å². The number of ether oxygens (including phenoxy) is 1. The number of nitrogens with zero attached hydrogens (tertiary/aromatic N) is 1. The third-order valence-corrected chi connectivity index (χ3v) is 5.67. The van der Waals surface area contributed by atoms with E-state index >= 15 is 0 Å². The van der Waals surface area contributed by atoms with Gasteiger partial charge in [-0.3, -0.25) is 4.72 Å². The fourth-order valence-corrected chi connectivity index (χ4v) is 3.68. The molecule has 0 saturated carbocycles. The fraction of sp³-hybridized carbons (Fsp3) is 0.150. The Labute approximate surface area is 169 Å². The number of benzene rings is 2. The summed E-state index contributed by atoms with van der Waals surface area (Å²) in [5.41, 5.74) is 1.57. The Morgan fingerprint density at radius 2 is 1.71 bits per heavy atom. The SMILES string of the molecule is COc1ccc(CCNc2ccc(NS(=O)(=O)c3ccc(Cl)cc3)cn2)cc1. The maximum Gasteiger partial charge on any atom is 0.261 e. The summed E-state index contributed by atoms with van der Waals surface area (Å²) < 4.78 is 32.4. The van der Waals surface area contributed by atoms with Crippen molar-refractivity contribution in [1.29, 1.82) is 0 Å². The minimum Gasteiger partial charge on any atom is -0.497 e. The highest BCUT2D eigenvalue weighted by Gasteiger charge is 2.14. The van der Waals surface area contributed by atoms with Crippen LogP contribution in [0.15, 0.2) is 71.8 Å². The van der Waals surface area contributed by atoms with E-state index in [1.165, 1.54) is 36.0 Å². The molecule has 8 heteroatoms. The third-order valence-electron chi connectivity index (χ3n) is 4.02. The van der Waals surface area contributed by atoms with Gasteiger partial charge in [-0.2, -0.15) is 0 Å². The van der Waals surface area contributed by atoms with Crippen LogP contribution in [0.2, 0.25) is 5.02 Å². The minimum atomic E-state index is -3.68. The number of nitrogens with one attached hydrogen (secondary N) is 2. The molecule has 0 saturated heterocycles. The van der Waals surface area contributed by atoms with Gasteiger partial charge in [0, 0.05) is 11.6 Å². The summed E-state index contributed by atoms with van der Waals surface area (Å²) in [4.78, 5) is 4.39. The van der Waals surface area contributed by atoms with Crippen LogP contribution in [0.5, 0.6) is 5.75 Å². The lowest BCUT2D eigenvalue weighted by Crippen LogP contribution is -2.13. The van der Waals surface area contributed by atoms with Crippen molar-refractivity contribution in [3.63, 3.8) is 0 Å². The number of sulfonamides is 1. The number of pyridine rings is 1. The van der Waals surface area contributed by atoms with Crippen molar-refractivity contribution in [3.8, 4) is 5.75 Å². The maximum atomic E-state index is 12.4. The van der Waals surface area contributed by atoms with Crippen molar-refractivity contribution in [2.75, 3.05) is 23.7 Å². The molecule has 1 aromatic heterocycles. The number of hydrogen-bond donors (Lipinski definition) is 2. The first-order chi connectivity index (χ1) is 13.5. The molecule has 0 spiro atoms. The van der Waals surface area contributed by atoms with E-state index in [0.717, 1.165) is 12.2 Å². The molecular weight excluding hydrogens is 398 g/mol. The van der Waals surface area contributed by atoms with Gasteiger partial charge in [-0.05, 0) is 60.5 Å². The second-order valence-electron chi connectivity index (χ2n) is 6.02. The first-order valence-electron chi connectivity index (χ1n) is 8.57. The lowest BCUT2D eigenvalue weighted by atomic mass is 10.1. The van der Waals surface area contributed by atoms with Gasteiger partial charge in [-0.1, -0.05) is 23.7 Å². The van der Waals surface area contributed by atoms with Crippen LogP contribution in [0.1, 0.15) is 5.56 Å². The molecule has 146 valence electrons. The molecule has 2 aromatic carbocycles. The van der Waals surface area contributed by atoms with Crippen molar-refractivity contribution in [2.24, 2.45) is 0 Å². The van der Waals surface area contributed by atoms with Gasteiger partial charge in [0.05, 0.1) is 23.9 Å². The molecule has 3 rings (SSSR count). The summed E-state index contributed by atoms with van der Waals surface area (Å²) in [6.45, 7) is 0.704. The van der Waals surface area contributed by atoms with E-state index in [9.17, 15) is 8.42 Å². The zero-order valence-electron chi connectivity index (χ0n) is 15.2. The third kappa shape index (κ3) is 5.37. The predicted octanol–water partition coefficient (Wildman–Crippen LogP) is 4.20. The van der Waals surface area contributed by atoms with Crippen LogP contribution in [0.4, 0.5) is 11.5 Å². The quantitative estimate of drug-likeness (QED) is 0.574. The van der Waals surface area contributed by atoms with E-state index in [-0.39, 0.29) is 4.90 Å². The molecule has 0 atom stereocenters. The topological polar surface area (TPSA) is 80.3 Å². The van der Waals surface area contributed by atoms with Crippen LogP contribution in [-0.4, -0.2) is 27.1 Å². The monoisotopic (exact) mass is 417 g/mol. The molecule has 28 heavy (non-hydrogen) atoms. The Balaban J connectivity index is 1.54. The van der Waals surface area contributed by atoms with Crippen LogP contribution in [0, 0.1) is 0 Å². The largest absolute Gasteiger partial charge is 0.497 e. The lowest BCUT2D eigenvalue weighted by molar-refractivity contribution is 0.414. The molecular formula is C20H20ClN3O3S. The van der Waals surface area contributed by atoms with Crippen molar-refractivity contribution in [1.82, 2.24) is 4.98 Å². The first-order valence-corrected chi connectivity index (χ1v) is 10.4. The molecule has 0 fully saturated rings. The van der Waals surface area contributed by atoms with Gasteiger partial charge in [0.2, 0.25) is 0 Å². The summed E-state index contributed by atoms with van der Waals surface area (Å²) in [6.07, 6.45) is 2.31. The normalized spacial score (nSPS) is 11.1. The van der Waals surface area contributed by atoms with E-state index in [2.05, 4.69) is 15.0 Å². The van der Waals surface area contributed by atoms with E-state index in [0.29, 0.717) is 23.1 Å². The summed E-state index contributed by atoms with van der Waals surface area (Å²) in [7, 11) is -2.04. The molecule has 0 amide bonds. The van der Waals surface area contributed by atoms with E-state index < -0.39 is 10.0 Å². The average molecular weight is 418 g/mol. The molecule has 2 N–H and O–H groups in total. The lowest BCUT2D eigenvalue weighted by Gasteiger charge is -2.10. The van der Waals surface area contributed by atoms with E-state index in [4.69, 9.17) is 16.3 Å². The molecule has 0 aliphatic heterocycles. The first kappa shape index (κ1) is 20.0.